The minimum Gasteiger partial charge on any atom is -0.329 e. The summed E-state index contributed by atoms with van der Waals surface area (Å²) in [6, 6.07) is 6.41. The Labute approximate surface area is 117 Å². The highest BCUT2D eigenvalue weighted by Crippen LogP contribution is 2.22. The Morgan fingerprint density at radius 2 is 2.17 bits per heavy atom. The number of H-pyrrole nitrogens is 1. The van der Waals surface area contributed by atoms with E-state index >= 15 is 0 Å². The zero-order valence-electron chi connectivity index (χ0n) is 10.9. The van der Waals surface area contributed by atoms with Gasteiger partial charge in [-0.05, 0) is 45.2 Å². The van der Waals surface area contributed by atoms with Crippen LogP contribution in [0, 0.1) is 4.77 Å². The van der Waals surface area contributed by atoms with E-state index in [1.54, 1.807) is 0 Å². The van der Waals surface area contributed by atoms with Gasteiger partial charge in [-0.2, -0.15) is 0 Å². The number of halogens is 1. The second kappa shape index (κ2) is 5.43. The molecule has 0 spiro atoms. The van der Waals surface area contributed by atoms with Crippen molar-refractivity contribution in [3.05, 3.63) is 28.0 Å². The molecule has 0 fully saturated rings. The maximum absolute atomic E-state index is 6.15. The van der Waals surface area contributed by atoms with Gasteiger partial charge in [0.2, 0.25) is 0 Å². The maximum atomic E-state index is 6.15. The summed E-state index contributed by atoms with van der Waals surface area (Å²) in [6.45, 7) is 6.20. The molecule has 0 aliphatic carbocycles. The van der Waals surface area contributed by atoms with Crippen molar-refractivity contribution >= 4 is 34.9 Å². The first-order valence-electron chi connectivity index (χ1n) is 6.08. The van der Waals surface area contributed by atoms with Crippen LogP contribution in [-0.4, -0.2) is 34.1 Å². The molecule has 1 aromatic carbocycles. The molecule has 0 bridgehead atoms. The van der Waals surface area contributed by atoms with E-state index in [1.807, 2.05) is 18.2 Å². The van der Waals surface area contributed by atoms with E-state index in [1.165, 1.54) is 0 Å². The Balaban J connectivity index is 2.31. The molecular weight excluding hydrogens is 266 g/mol. The number of rotatable bonds is 4. The van der Waals surface area contributed by atoms with E-state index < -0.39 is 0 Å². The SMILES string of the molecule is CC(C)N(C)CCn1c(=S)[nH]c2c(Cl)cccc21. The number of hydrogen-bond donors (Lipinski definition) is 1. The van der Waals surface area contributed by atoms with E-state index in [2.05, 4.69) is 35.3 Å². The number of aromatic nitrogens is 2. The number of para-hydroxylation sites is 1. The molecule has 0 radical (unpaired) electrons. The van der Waals surface area contributed by atoms with Crippen LogP contribution in [0.3, 0.4) is 0 Å². The second-order valence-electron chi connectivity index (χ2n) is 4.79. The Bertz CT molecular complexity index is 600. The predicted octanol–water partition coefficient (Wildman–Crippen LogP) is 3.69. The lowest BCUT2D eigenvalue weighted by atomic mass is 10.3. The van der Waals surface area contributed by atoms with Crippen molar-refractivity contribution in [2.45, 2.75) is 26.4 Å². The van der Waals surface area contributed by atoms with E-state index in [0.717, 1.165) is 33.9 Å². The third kappa shape index (κ3) is 2.60. The summed E-state index contributed by atoms with van der Waals surface area (Å²) in [5, 5.41) is 0.717. The van der Waals surface area contributed by atoms with Gasteiger partial charge in [-0.1, -0.05) is 17.7 Å². The molecule has 0 saturated carbocycles. The zero-order chi connectivity index (χ0) is 13.3. The molecule has 1 aromatic heterocycles. The number of fused-ring (bicyclic) bond motifs is 1. The molecule has 2 aromatic rings. The molecule has 0 saturated heterocycles. The van der Waals surface area contributed by atoms with Crippen molar-refractivity contribution in [2.24, 2.45) is 0 Å². The third-order valence-corrected chi connectivity index (χ3v) is 3.95. The van der Waals surface area contributed by atoms with Crippen LogP contribution in [0.2, 0.25) is 5.02 Å². The van der Waals surface area contributed by atoms with Crippen molar-refractivity contribution in [2.75, 3.05) is 13.6 Å². The topological polar surface area (TPSA) is 24.0 Å². The van der Waals surface area contributed by atoms with E-state index in [4.69, 9.17) is 23.8 Å². The minimum atomic E-state index is 0.535. The first kappa shape index (κ1) is 13.6. The van der Waals surface area contributed by atoms with Crippen LogP contribution in [0.4, 0.5) is 0 Å². The van der Waals surface area contributed by atoms with E-state index in [9.17, 15) is 0 Å². The summed E-state index contributed by atoms with van der Waals surface area (Å²) in [5.74, 6) is 0. The predicted molar refractivity (Wildman–Crippen MR) is 79.9 cm³/mol. The Hall–Kier alpha value is -0.840. The lowest BCUT2D eigenvalue weighted by Gasteiger charge is -2.21. The number of imidazole rings is 1. The number of aromatic amines is 1. The summed E-state index contributed by atoms with van der Waals surface area (Å²) < 4.78 is 2.84. The minimum absolute atomic E-state index is 0.535. The van der Waals surface area contributed by atoms with Crippen LogP contribution in [0.15, 0.2) is 18.2 Å². The average Bonchev–Trinajstić information content (AvgIpc) is 2.64. The normalized spacial score (nSPS) is 11.9. The quantitative estimate of drug-likeness (QED) is 0.865. The largest absolute Gasteiger partial charge is 0.329 e. The van der Waals surface area contributed by atoms with E-state index in [-0.39, 0.29) is 0 Å². The number of nitrogens with zero attached hydrogens (tertiary/aromatic N) is 2. The van der Waals surface area contributed by atoms with Crippen LogP contribution < -0.4 is 0 Å². The highest BCUT2D eigenvalue weighted by atomic mass is 35.5. The van der Waals surface area contributed by atoms with Gasteiger partial charge in [0.1, 0.15) is 0 Å². The fourth-order valence-corrected chi connectivity index (χ4v) is 2.39. The summed E-state index contributed by atoms with van der Waals surface area (Å²) in [6.07, 6.45) is 0. The van der Waals surface area contributed by atoms with Gasteiger partial charge in [0.25, 0.3) is 0 Å². The molecule has 3 nitrogen and oxygen atoms in total. The van der Waals surface area contributed by atoms with Crippen LogP contribution in [0.1, 0.15) is 13.8 Å². The lowest BCUT2D eigenvalue weighted by molar-refractivity contribution is 0.263. The van der Waals surface area contributed by atoms with Crippen molar-refractivity contribution in [3.8, 4) is 0 Å². The Morgan fingerprint density at radius 3 is 2.83 bits per heavy atom. The van der Waals surface area contributed by atoms with Gasteiger partial charge in [-0.25, -0.2) is 0 Å². The van der Waals surface area contributed by atoms with Crippen molar-refractivity contribution in [3.63, 3.8) is 0 Å². The van der Waals surface area contributed by atoms with Gasteiger partial charge in [-0.3, -0.25) is 0 Å². The smallest absolute Gasteiger partial charge is 0.178 e. The fourth-order valence-electron chi connectivity index (χ4n) is 1.88. The first-order valence-corrected chi connectivity index (χ1v) is 6.86. The number of nitrogens with one attached hydrogen (secondary N) is 1. The van der Waals surface area contributed by atoms with Gasteiger partial charge >= 0.3 is 0 Å². The lowest BCUT2D eigenvalue weighted by Crippen LogP contribution is -2.29. The molecule has 0 amide bonds. The van der Waals surface area contributed by atoms with E-state index in [0.29, 0.717) is 6.04 Å². The van der Waals surface area contributed by atoms with Crippen LogP contribution in [0.5, 0.6) is 0 Å². The van der Waals surface area contributed by atoms with Gasteiger partial charge in [0.05, 0.1) is 16.1 Å². The van der Waals surface area contributed by atoms with Crippen LogP contribution >= 0.6 is 23.8 Å². The van der Waals surface area contributed by atoms with Crippen molar-refractivity contribution in [1.82, 2.24) is 14.5 Å². The van der Waals surface area contributed by atoms with Gasteiger partial charge in [0.15, 0.2) is 4.77 Å². The fraction of sp³-hybridized carbons (Fsp3) is 0.462. The zero-order valence-corrected chi connectivity index (χ0v) is 12.5. The third-order valence-electron chi connectivity index (χ3n) is 3.32. The number of benzene rings is 1. The molecule has 0 atom stereocenters. The monoisotopic (exact) mass is 283 g/mol. The highest BCUT2D eigenvalue weighted by Gasteiger charge is 2.08. The summed E-state index contributed by atoms with van der Waals surface area (Å²) in [4.78, 5) is 5.47. The molecule has 5 heteroatoms. The molecule has 2 rings (SSSR count). The molecule has 98 valence electrons. The molecule has 0 aliphatic heterocycles. The summed E-state index contributed by atoms with van der Waals surface area (Å²) in [7, 11) is 2.12. The second-order valence-corrected chi connectivity index (χ2v) is 5.58. The highest BCUT2D eigenvalue weighted by molar-refractivity contribution is 7.71. The number of likely N-dealkylation sites (N-methyl/N-ethyl adjacent to an activating group) is 1. The average molecular weight is 284 g/mol. The molecule has 18 heavy (non-hydrogen) atoms. The van der Waals surface area contributed by atoms with Crippen molar-refractivity contribution in [1.29, 1.82) is 0 Å². The van der Waals surface area contributed by atoms with Gasteiger partial charge < -0.3 is 14.5 Å². The molecular formula is C13H18ClN3S. The Morgan fingerprint density at radius 1 is 1.44 bits per heavy atom. The standard InChI is InChI=1S/C13H18ClN3S/c1-9(2)16(3)7-8-17-11-6-4-5-10(14)12(11)15-13(17)18/h4-6,9H,7-8H2,1-3H3,(H,15,18). The molecule has 0 aliphatic rings. The van der Waals surface area contributed by atoms with Crippen molar-refractivity contribution < 1.29 is 0 Å². The maximum Gasteiger partial charge on any atom is 0.178 e. The molecule has 0 unspecified atom stereocenters. The Kier molecular flexibility index (Phi) is 4.10. The number of hydrogen-bond acceptors (Lipinski definition) is 2. The molecule has 1 heterocycles. The summed E-state index contributed by atoms with van der Waals surface area (Å²) >= 11 is 11.5. The van der Waals surface area contributed by atoms with Gasteiger partial charge in [0, 0.05) is 19.1 Å². The van der Waals surface area contributed by atoms with Crippen LogP contribution in [0.25, 0.3) is 11.0 Å². The van der Waals surface area contributed by atoms with Crippen LogP contribution in [-0.2, 0) is 6.54 Å². The van der Waals surface area contributed by atoms with Gasteiger partial charge in [-0.15, -0.1) is 0 Å². The first-order chi connectivity index (χ1) is 8.50. The summed E-state index contributed by atoms with van der Waals surface area (Å²) in [5.41, 5.74) is 2.00. The molecule has 1 N–H and O–H groups in total.